The number of nitrogens with zero attached hydrogens (tertiary/aromatic N) is 1. The molecule has 0 amide bonds. The van der Waals surface area contributed by atoms with Crippen molar-refractivity contribution < 1.29 is 14.6 Å². The molecule has 0 unspecified atom stereocenters. The maximum absolute atomic E-state index is 11.3. The van der Waals surface area contributed by atoms with E-state index >= 15 is 0 Å². The van der Waals surface area contributed by atoms with Crippen LogP contribution in [-0.2, 0) is 4.74 Å². The Bertz CT molecular complexity index is 439. The van der Waals surface area contributed by atoms with Crippen molar-refractivity contribution in [3.8, 4) is 5.75 Å². The second-order valence-corrected chi connectivity index (χ2v) is 4.71. The zero-order chi connectivity index (χ0) is 13.1. The molecule has 1 saturated heterocycles. The number of Topliss-reactive ketones (excluding diaryl/α,β-unsaturated/α-hetero) is 1. The molecule has 1 N–H and O–H groups in total. The van der Waals surface area contributed by atoms with E-state index < -0.39 is 0 Å². The first-order chi connectivity index (χ1) is 8.59. The highest BCUT2D eigenvalue weighted by Gasteiger charge is 2.19. The molecule has 1 heterocycles. The molecule has 0 spiro atoms. The fourth-order valence-corrected chi connectivity index (χ4v) is 2.32. The van der Waals surface area contributed by atoms with Gasteiger partial charge in [-0.1, -0.05) is 0 Å². The number of hydrogen-bond acceptors (Lipinski definition) is 4. The van der Waals surface area contributed by atoms with Crippen LogP contribution >= 0.6 is 0 Å². The third kappa shape index (κ3) is 2.64. The number of carbonyl (C=O) groups excluding carboxylic acids is 1. The number of phenolic OH excluding ortho intramolecular Hbond substituents is 1. The van der Waals surface area contributed by atoms with E-state index in [-0.39, 0.29) is 11.5 Å². The van der Waals surface area contributed by atoms with E-state index in [1.807, 2.05) is 13.1 Å². The number of rotatable bonds is 3. The Morgan fingerprint density at radius 3 is 2.61 bits per heavy atom. The molecule has 2 rings (SSSR count). The maximum atomic E-state index is 11.3. The van der Waals surface area contributed by atoms with E-state index in [4.69, 9.17) is 4.74 Å². The number of phenols is 1. The second kappa shape index (κ2) is 5.40. The van der Waals surface area contributed by atoms with E-state index in [0.717, 1.165) is 31.7 Å². The van der Waals surface area contributed by atoms with Crippen molar-refractivity contribution in [2.45, 2.75) is 25.8 Å². The summed E-state index contributed by atoms with van der Waals surface area (Å²) in [6.45, 7) is 3.02. The van der Waals surface area contributed by atoms with Crippen LogP contribution in [0.15, 0.2) is 18.2 Å². The lowest BCUT2D eigenvalue weighted by Crippen LogP contribution is -2.36. The third-order valence-corrected chi connectivity index (χ3v) is 3.51. The molecule has 4 nitrogen and oxygen atoms in total. The van der Waals surface area contributed by atoms with Gasteiger partial charge in [0.2, 0.25) is 0 Å². The van der Waals surface area contributed by atoms with Gasteiger partial charge in [0.05, 0.1) is 5.56 Å². The molecular weight excluding hydrogens is 230 g/mol. The highest BCUT2D eigenvalue weighted by molar-refractivity contribution is 5.97. The van der Waals surface area contributed by atoms with Crippen LogP contribution in [0, 0.1) is 0 Å². The smallest absolute Gasteiger partial charge is 0.163 e. The fourth-order valence-electron chi connectivity index (χ4n) is 2.32. The van der Waals surface area contributed by atoms with Crippen molar-refractivity contribution in [2.24, 2.45) is 0 Å². The van der Waals surface area contributed by atoms with Crippen LogP contribution in [0.2, 0.25) is 0 Å². The summed E-state index contributed by atoms with van der Waals surface area (Å²) in [4.78, 5) is 13.4. The van der Waals surface area contributed by atoms with Crippen LogP contribution in [0.1, 0.15) is 30.1 Å². The molecular formula is C14H19NO3. The van der Waals surface area contributed by atoms with Gasteiger partial charge in [-0.2, -0.15) is 0 Å². The van der Waals surface area contributed by atoms with Gasteiger partial charge in [-0.25, -0.2) is 0 Å². The molecule has 98 valence electrons. The number of ketones is 1. The lowest BCUT2D eigenvalue weighted by atomic mass is 10.1. The molecule has 0 atom stereocenters. The monoisotopic (exact) mass is 249 g/mol. The number of aromatic hydroxyl groups is 1. The summed E-state index contributed by atoms with van der Waals surface area (Å²) >= 11 is 0. The zero-order valence-corrected chi connectivity index (χ0v) is 10.8. The predicted octanol–water partition coefficient (Wildman–Crippen LogP) is 2.21. The molecule has 0 aliphatic carbocycles. The third-order valence-electron chi connectivity index (χ3n) is 3.51. The SMILES string of the molecule is CC(=O)c1ccc(N(C)C2CCOCC2)cc1O. The van der Waals surface area contributed by atoms with Crippen LogP contribution in [-0.4, -0.2) is 37.2 Å². The van der Waals surface area contributed by atoms with Gasteiger partial charge < -0.3 is 14.7 Å². The van der Waals surface area contributed by atoms with Crippen LogP contribution < -0.4 is 4.90 Å². The molecule has 18 heavy (non-hydrogen) atoms. The van der Waals surface area contributed by atoms with Gasteiger partial charge in [0.25, 0.3) is 0 Å². The molecule has 1 aliphatic rings. The van der Waals surface area contributed by atoms with Crippen molar-refractivity contribution in [3.63, 3.8) is 0 Å². The standard InChI is InChI=1S/C14H19NO3/c1-10(16)13-4-3-12(9-14(13)17)15(2)11-5-7-18-8-6-11/h3-4,9,11,17H,5-8H2,1-2H3. The summed E-state index contributed by atoms with van der Waals surface area (Å²) in [5.41, 5.74) is 1.31. The first kappa shape index (κ1) is 12.9. The number of benzene rings is 1. The molecule has 0 bridgehead atoms. The van der Waals surface area contributed by atoms with E-state index in [2.05, 4.69) is 4.90 Å². The molecule has 1 aliphatic heterocycles. The van der Waals surface area contributed by atoms with Gasteiger partial charge in [0.1, 0.15) is 5.75 Å². The Morgan fingerprint density at radius 2 is 2.06 bits per heavy atom. The molecule has 0 saturated carbocycles. The van der Waals surface area contributed by atoms with Gasteiger partial charge in [-0.05, 0) is 31.9 Å². The van der Waals surface area contributed by atoms with E-state index in [0.29, 0.717) is 11.6 Å². The first-order valence-electron chi connectivity index (χ1n) is 6.24. The number of carbonyl (C=O) groups is 1. The van der Waals surface area contributed by atoms with Crippen molar-refractivity contribution in [3.05, 3.63) is 23.8 Å². The topological polar surface area (TPSA) is 49.8 Å². The summed E-state index contributed by atoms with van der Waals surface area (Å²) < 4.78 is 5.34. The van der Waals surface area contributed by atoms with Crippen molar-refractivity contribution in [2.75, 3.05) is 25.2 Å². The maximum Gasteiger partial charge on any atom is 0.163 e. The minimum atomic E-state index is -0.118. The number of hydrogen-bond donors (Lipinski definition) is 1. The minimum absolute atomic E-state index is 0.0545. The van der Waals surface area contributed by atoms with Crippen molar-refractivity contribution in [1.82, 2.24) is 0 Å². The van der Waals surface area contributed by atoms with E-state index in [1.54, 1.807) is 12.1 Å². The average molecular weight is 249 g/mol. The van der Waals surface area contributed by atoms with Gasteiger partial charge in [-0.3, -0.25) is 4.79 Å². The second-order valence-electron chi connectivity index (χ2n) is 4.71. The van der Waals surface area contributed by atoms with Crippen LogP contribution in [0.4, 0.5) is 5.69 Å². The fraction of sp³-hybridized carbons (Fsp3) is 0.500. The molecule has 0 aromatic heterocycles. The summed E-state index contributed by atoms with van der Waals surface area (Å²) in [6.07, 6.45) is 1.98. The Kier molecular flexibility index (Phi) is 3.87. The van der Waals surface area contributed by atoms with E-state index in [9.17, 15) is 9.90 Å². The number of ether oxygens (including phenoxy) is 1. The Balaban J connectivity index is 2.17. The van der Waals surface area contributed by atoms with Crippen LogP contribution in [0.5, 0.6) is 5.75 Å². The summed E-state index contributed by atoms with van der Waals surface area (Å²) in [5.74, 6) is -0.0633. The van der Waals surface area contributed by atoms with E-state index in [1.165, 1.54) is 6.92 Å². The lowest BCUT2D eigenvalue weighted by molar-refractivity contribution is 0.0855. The van der Waals surface area contributed by atoms with Gasteiger partial charge >= 0.3 is 0 Å². The Morgan fingerprint density at radius 1 is 1.39 bits per heavy atom. The summed E-state index contributed by atoms with van der Waals surface area (Å²) in [7, 11) is 2.01. The van der Waals surface area contributed by atoms with Gasteiger partial charge in [0, 0.05) is 38.1 Å². The van der Waals surface area contributed by atoms with Crippen molar-refractivity contribution in [1.29, 1.82) is 0 Å². The highest BCUT2D eigenvalue weighted by atomic mass is 16.5. The lowest BCUT2D eigenvalue weighted by Gasteiger charge is -2.33. The van der Waals surface area contributed by atoms with Crippen LogP contribution in [0.3, 0.4) is 0 Å². The first-order valence-corrected chi connectivity index (χ1v) is 6.24. The molecule has 1 fully saturated rings. The molecule has 0 radical (unpaired) electrons. The zero-order valence-electron chi connectivity index (χ0n) is 10.8. The minimum Gasteiger partial charge on any atom is -0.507 e. The Labute approximate surface area is 107 Å². The largest absolute Gasteiger partial charge is 0.507 e. The summed E-state index contributed by atoms with van der Waals surface area (Å²) in [6, 6.07) is 5.65. The highest BCUT2D eigenvalue weighted by Crippen LogP contribution is 2.27. The molecule has 1 aromatic carbocycles. The quantitative estimate of drug-likeness (QED) is 0.834. The predicted molar refractivity (Wildman–Crippen MR) is 70.4 cm³/mol. The number of anilines is 1. The van der Waals surface area contributed by atoms with Gasteiger partial charge in [0.15, 0.2) is 5.78 Å². The van der Waals surface area contributed by atoms with Crippen molar-refractivity contribution >= 4 is 11.5 Å². The molecule has 1 aromatic rings. The Hall–Kier alpha value is -1.55. The summed E-state index contributed by atoms with van der Waals surface area (Å²) in [5, 5.41) is 9.84. The van der Waals surface area contributed by atoms with Crippen LogP contribution in [0.25, 0.3) is 0 Å². The molecule has 4 heteroatoms. The average Bonchev–Trinajstić information content (AvgIpc) is 2.38. The van der Waals surface area contributed by atoms with Gasteiger partial charge in [-0.15, -0.1) is 0 Å². The normalized spacial score (nSPS) is 16.6.